The number of aliphatic carboxylic acids is 1. The van der Waals surface area contributed by atoms with Crippen molar-refractivity contribution in [3.63, 3.8) is 0 Å². The van der Waals surface area contributed by atoms with Gasteiger partial charge in [0.15, 0.2) is 0 Å². The van der Waals surface area contributed by atoms with Crippen molar-refractivity contribution in [3.05, 3.63) is 94.2 Å². The third-order valence-electron chi connectivity index (χ3n) is 5.77. The molecule has 7 nitrogen and oxygen atoms in total. The summed E-state index contributed by atoms with van der Waals surface area (Å²) in [5.41, 5.74) is 2.04. The van der Waals surface area contributed by atoms with E-state index in [1.165, 1.54) is 18.3 Å². The Bertz CT molecular complexity index is 1510. The van der Waals surface area contributed by atoms with Crippen molar-refractivity contribution in [1.82, 2.24) is 14.9 Å². The van der Waals surface area contributed by atoms with Crippen LogP contribution in [-0.4, -0.2) is 32.6 Å². The number of aromatic nitrogens is 2. The highest BCUT2D eigenvalue weighted by Gasteiger charge is 2.26. The van der Waals surface area contributed by atoms with Crippen molar-refractivity contribution < 1.29 is 19.1 Å². The summed E-state index contributed by atoms with van der Waals surface area (Å²) < 4.78 is 16.1. The first-order chi connectivity index (χ1) is 16.4. The molecule has 2 N–H and O–H groups in total. The zero-order valence-electron chi connectivity index (χ0n) is 18.0. The Kier molecular flexibility index (Phi) is 5.41. The van der Waals surface area contributed by atoms with E-state index < -0.39 is 24.1 Å². The Hall–Kier alpha value is -4.33. The number of halogens is 1. The zero-order chi connectivity index (χ0) is 23.8. The van der Waals surface area contributed by atoms with Crippen LogP contribution in [0.4, 0.5) is 4.39 Å². The number of carboxylic acids is 1. The van der Waals surface area contributed by atoms with E-state index >= 15 is 0 Å². The van der Waals surface area contributed by atoms with Crippen molar-refractivity contribution >= 4 is 22.9 Å². The van der Waals surface area contributed by atoms with E-state index in [0.717, 1.165) is 12.8 Å². The molecule has 0 saturated heterocycles. The molecule has 0 spiro atoms. The average molecular weight is 457 g/mol. The number of benzene rings is 2. The number of nitrogens with one attached hydrogen (secondary N) is 1. The van der Waals surface area contributed by atoms with E-state index in [2.05, 4.69) is 10.3 Å². The summed E-state index contributed by atoms with van der Waals surface area (Å²) >= 11 is 0. The van der Waals surface area contributed by atoms with Crippen LogP contribution in [0.1, 0.15) is 28.8 Å². The monoisotopic (exact) mass is 457 g/mol. The Labute approximate surface area is 193 Å². The fourth-order valence-electron chi connectivity index (χ4n) is 3.88. The molecule has 0 bridgehead atoms. The second-order valence-electron chi connectivity index (χ2n) is 8.29. The van der Waals surface area contributed by atoms with E-state index in [4.69, 9.17) is 5.11 Å². The van der Waals surface area contributed by atoms with E-state index in [1.54, 1.807) is 53.2 Å². The number of fused-ring (bicyclic) bond motifs is 1. The van der Waals surface area contributed by atoms with Crippen LogP contribution in [0.25, 0.3) is 27.8 Å². The van der Waals surface area contributed by atoms with E-state index in [9.17, 15) is 18.8 Å². The maximum Gasteiger partial charge on any atom is 0.307 e. The molecular formula is C26H20FN3O4. The second-order valence-corrected chi connectivity index (χ2v) is 8.29. The van der Waals surface area contributed by atoms with Gasteiger partial charge in [-0.1, -0.05) is 24.3 Å². The van der Waals surface area contributed by atoms with E-state index in [-0.39, 0.29) is 22.6 Å². The van der Waals surface area contributed by atoms with Crippen LogP contribution < -0.4 is 10.7 Å². The highest BCUT2D eigenvalue weighted by molar-refractivity contribution is 5.97. The molecule has 1 amide bonds. The third kappa shape index (κ3) is 4.17. The van der Waals surface area contributed by atoms with Crippen LogP contribution >= 0.6 is 0 Å². The minimum absolute atomic E-state index is 0.0295. The highest BCUT2D eigenvalue weighted by Crippen LogP contribution is 2.26. The van der Waals surface area contributed by atoms with Crippen LogP contribution in [-0.2, 0) is 11.2 Å². The number of nitrogens with zero attached hydrogens (tertiary/aromatic N) is 2. The Morgan fingerprint density at radius 3 is 2.62 bits per heavy atom. The van der Waals surface area contributed by atoms with Gasteiger partial charge in [-0.25, -0.2) is 9.37 Å². The summed E-state index contributed by atoms with van der Waals surface area (Å²) in [7, 11) is 0. The lowest BCUT2D eigenvalue weighted by molar-refractivity contribution is -0.136. The maximum atomic E-state index is 14.5. The van der Waals surface area contributed by atoms with Gasteiger partial charge in [-0.05, 0) is 59.9 Å². The van der Waals surface area contributed by atoms with E-state index in [0.29, 0.717) is 27.8 Å². The number of carbonyl (C=O) groups excluding carboxylic acids is 1. The Morgan fingerprint density at radius 2 is 1.88 bits per heavy atom. The molecule has 34 heavy (non-hydrogen) atoms. The molecule has 170 valence electrons. The normalized spacial score (nSPS) is 13.1. The molecule has 0 atom stereocenters. The standard InChI is InChI=1S/C26H20FN3O4/c27-22-12-16(6-7-17(22)13-23(31)32)15-3-1-4-19(11-15)30-14-21(26(34)29-18-8-9-18)24(33)20-5-2-10-28-25(20)30/h1-7,10-12,14,18H,8-9,13H2,(H,29,34)(H,31,32). The van der Waals surface area contributed by atoms with Crippen LogP contribution in [0.2, 0.25) is 0 Å². The summed E-state index contributed by atoms with van der Waals surface area (Å²) in [6.45, 7) is 0. The number of pyridine rings is 2. The molecule has 1 aliphatic rings. The molecule has 4 aromatic rings. The quantitative estimate of drug-likeness (QED) is 0.460. The van der Waals surface area contributed by atoms with Crippen LogP contribution in [0, 0.1) is 5.82 Å². The number of carbonyl (C=O) groups is 2. The summed E-state index contributed by atoms with van der Waals surface area (Å²) in [5.74, 6) is -2.12. The fourth-order valence-corrected chi connectivity index (χ4v) is 3.88. The SMILES string of the molecule is O=C(O)Cc1ccc(-c2cccc(-n3cc(C(=O)NC4CC4)c(=O)c4cccnc43)c2)cc1F. The van der Waals surface area contributed by atoms with Crippen molar-refractivity contribution in [2.24, 2.45) is 0 Å². The summed E-state index contributed by atoms with van der Waals surface area (Å²) in [6.07, 6.45) is 4.47. The van der Waals surface area contributed by atoms with Gasteiger partial charge in [0.05, 0.1) is 11.8 Å². The number of rotatable bonds is 6. The minimum atomic E-state index is -1.10. The van der Waals surface area contributed by atoms with Gasteiger partial charge in [-0.3, -0.25) is 14.4 Å². The highest BCUT2D eigenvalue weighted by atomic mass is 19.1. The zero-order valence-corrected chi connectivity index (χ0v) is 18.0. The number of hydrogen-bond acceptors (Lipinski definition) is 4. The molecule has 2 aromatic heterocycles. The lowest BCUT2D eigenvalue weighted by atomic mass is 10.0. The first-order valence-corrected chi connectivity index (χ1v) is 10.8. The summed E-state index contributed by atoms with van der Waals surface area (Å²) in [4.78, 5) is 41.0. The van der Waals surface area contributed by atoms with Crippen molar-refractivity contribution in [2.75, 3.05) is 0 Å². The predicted molar refractivity (Wildman–Crippen MR) is 125 cm³/mol. The van der Waals surface area contributed by atoms with Gasteiger partial charge in [0.25, 0.3) is 5.91 Å². The third-order valence-corrected chi connectivity index (χ3v) is 5.77. The van der Waals surface area contributed by atoms with Gasteiger partial charge in [-0.2, -0.15) is 0 Å². The van der Waals surface area contributed by atoms with Crippen molar-refractivity contribution in [1.29, 1.82) is 0 Å². The van der Waals surface area contributed by atoms with Gasteiger partial charge < -0.3 is 15.0 Å². The van der Waals surface area contributed by atoms with Crippen molar-refractivity contribution in [2.45, 2.75) is 25.3 Å². The van der Waals surface area contributed by atoms with Gasteiger partial charge in [0.1, 0.15) is 17.0 Å². The van der Waals surface area contributed by atoms with E-state index in [1.807, 2.05) is 0 Å². The number of hydrogen-bond donors (Lipinski definition) is 2. The molecule has 2 heterocycles. The molecule has 2 aromatic carbocycles. The molecule has 8 heteroatoms. The summed E-state index contributed by atoms with van der Waals surface area (Å²) in [6, 6.07) is 15.0. The summed E-state index contributed by atoms with van der Waals surface area (Å²) in [5, 5.41) is 12.1. The van der Waals surface area contributed by atoms with Gasteiger partial charge in [-0.15, -0.1) is 0 Å². The fraction of sp³-hybridized carbons (Fsp3) is 0.154. The lowest BCUT2D eigenvalue weighted by Gasteiger charge is -2.14. The smallest absolute Gasteiger partial charge is 0.307 e. The van der Waals surface area contributed by atoms with Crippen LogP contribution in [0.5, 0.6) is 0 Å². The first-order valence-electron chi connectivity index (χ1n) is 10.8. The largest absolute Gasteiger partial charge is 0.481 e. The molecule has 1 fully saturated rings. The van der Waals surface area contributed by atoms with Gasteiger partial charge >= 0.3 is 5.97 Å². The number of carboxylic acid groups (broad SMARTS) is 1. The number of amides is 1. The van der Waals surface area contributed by atoms with Crippen LogP contribution in [0.15, 0.2) is 71.8 Å². The molecule has 1 aliphatic carbocycles. The van der Waals surface area contributed by atoms with Gasteiger partial charge in [0, 0.05) is 24.1 Å². The minimum Gasteiger partial charge on any atom is -0.481 e. The lowest BCUT2D eigenvalue weighted by Crippen LogP contribution is -2.31. The Morgan fingerprint density at radius 1 is 1.09 bits per heavy atom. The Balaban J connectivity index is 1.61. The van der Waals surface area contributed by atoms with Gasteiger partial charge in [0.2, 0.25) is 5.43 Å². The molecule has 0 radical (unpaired) electrons. The maximum absolute atomic E-state index is 14.5. The molecule has 5 rings (SSSR count). The average Bonchev–Trinajstić information content (AvgIpc) is 3.64. The molecule has 0 unspecified atom stereocenters. The predicted octanol–water partition coefficient (Wildman–Crippen LogP) is 3.71. The second kappa shape index (κ2) is 8.55. The molecule has 1 saturated carbocycles. The topological polar surface area (TPSA) is 101 Å². The molecular weight excluding hydrogens is 437 g/mol. The van der Waals surface area contributed by atoms with Crippen molar-refractivity contribution in [3.8, 4) is 16.8 Å². The molecule has 0 aliphatic heterocycles. The van der Waals surface area contributed by atoms with Crippen LogP contribution in [0.3, 0.4) is 0 Å². The first kappa shape index (κ1) is 21.5.